The molecule has 0 aliphatic rings. The standard InChI is InChI=1S/C24H26FN5O3/c1-24(2,3)21(23(33)27-11-12-31)28-22(32)19-17-5-4-6-18(25)20(17)30(29-19)14-16-9-7-15(13-26)8-10-16/h4-10,21,31H,11-12,14H2,1-3H3,(H,27,33)(H,28,32). The Morgan fingerprint density at radius 1 is 1.21 bits per heavy atom. The summed E-state index contributed by atoms with van der Waals surface area (Å²) in [6.45, 7) is 5.44. The average Bonchev–Trinajstić information content (AvgIpc) is 3.15. The molecule has 8 nitrogen and oxygen atoms in total. The number of para-hydroxylation sites is 1. The maximum absolute atomic E-state index is 14.7. The highest BCUT2D eigenvalue weighted by Crippen LogP contribution is 2.25. The van der Waals surface area contributed by atoms with Gasteiger partial charge in [0.05, 0.1) is 24.8 Å². The Balaban J connectivity index is 1.96. The van der Waals surface area contributed by atoms with Crippen LogP contribution in [0.1, 0.15) is 42.4 Å². The molecule has 3 aromatic rings. The molecule has 0 aliphatic heterocycles. The molecule has 0 bridgehead atoms. The molecule has 0 spiro atoms. The molecule has 1 unspecified atom stereocenters. The van der Waals surface area contributed by atoms with Gasteiger partial charge in [-0.05, 0) is 29.2 Å². The Bertz CT molecular complexity index is 1210. The Morgan fingerprint density at radius 2 is 1.91 bits per heavy atom. The van der Waals surface area contributed by atoms with E-state index < -0.39 is 29.1 Å². The van der Waals surface area contributed by atoms with E-state index in [0.29, 0.717) is 10.9 Å². The van der Waals surface area contributed by atoms with E-state index in [4.69, 9.17) is 10.4 Å². The number of benzene rings is 2. The van der Waals surface area contributed by atoms with Crippen LogP contribution in [0.4, 0.5) is 4.39 Å². The highest BCUT2D eigenvalue weighted by Gasteiger charge is 2.34. The summed E-state index contributed by atoms with van der Waals surface area (Å²) < 4.78 is 16.1. The molecule has 2 amide bonds. The number of aliphatic hydroxyl groups excluding tert-OH is 1. The molecule has 3 N–H and O–H groups in total. The number of nitrogens with zero attached hydrogens (tertiary/aromatic N) is 3. The molecule has 1 atom stereocenters. The van der Waals surface area contributed by atoms with E-state index in [9.17, 15) is 14.0 Å². The molecule has 172 valence electrons. The van der Waals surface area contributed by atoms with E-state index >= 15 is 0 Å². The smallest absolute Gasteiger partial charge is 0.273 e. The van der Waals surface area contributed by atoms with Crippen molar-refractivity contribution in [3.63, 3.8) is 0 Å². The largest absolute Gasteiger partial charge is 0.395 e. The van der Waals surface area contributed by atoms with E-state index in [1.807, 2.05) is 6.07 Å². The second-order valence-corrected chi connectivity index (χ2v) is 8.74. The number of fused-ring (bicyclic) bond motifs is 1. The average molecular weight is 452 g/mol. The molecule has 0 aliphatic carbocycles. The number of aliphatic hydroxyl groups is 1. The normalized spacial score (nSPS) is 12.2. The molecule has 1 aromatic heterocycles. The number of hydrogen-bond donors (Lipinski definition) is 3. The Kier molecular flexibility index (Phi) is 7.09. The maximum atomic E-state index is 14.7. The minimum absolute atomic E-state index is 0.00218. The number of hydrogen-bond acceptors (Lipinski definition) is 5. The van der Waals surface area contributed by atoms with Crippen LogP contribution in [0.15, 0.2) is 42.5 Å². The zero-order valence-electron chi connectivity index (χ0n) is 18.7. The lowest BCUT2D eigenvalue weighted by Gasteiger charge is -2.30. The summed E-state index contributed by atoms with van der Waals surface area (Å²) in [7, 11) is 0. The van der Waals surface area contributed by atoms with Crippen LogP contribution < -0.4 is 10.6 Å². The quantitative estimate of drug-likeness (QED) is 0.509. The zero-order chi connectivity index (χ0) is 24.2. The van der Waals surface area contributed by atoms with Gasteiger partial charge in [0.15, 0.2) is 5.69 Å². The van der Waals surface area contributed by atoms with E-state index in [0.717, 1.165) is 5.56 Å². The van der Waals surface area contributed by atoms with Gasteiger partial charge in [0, 0.05) is 11.9 Å². The van der Waals surface area contributed by atoms with E-state index in [1.54, 1.807) is 51.1 Å². The van der Waals surface area contributed by atoms with Gasteiger partial charge in [-0.25, -0.2) is 4.39 Å². The van der Waals surface area contributed by atoms with Gasteiger partial charge >= 0.3 is 0 Å². The van der Waals surface area contributed by atoms with Crippen LogP contribution in [0.2, 0.25) is 0 Å². The first-order valence-corrected chi connectivity index (χ1v) is 10.5. The Hall–Kier alpha value is -3.77. The van der Waals surface area contributed by atoms with Crippen LogP contribution in [-0.2, 0) is 11.3 Å². The first-order chi connectivity index (χ1) is 15.7. The van der Waals surface area contributed by atoms with Crippen molar-refractivity contribution in [1.29, 1.82) is 5.26 Å². The summed E-state index contributed by atoms with van der Waals surface area (Å²) in [6.07, 6.45) is 0. The first-order valence-electron chi connectivity index (χ1n) is 10.5. The number of carbonyl (C=O) groups excluding carboxylic acids is 2. The van der Waals surface area contributed by atoms with Gasteiger partial charge in [0.2, 0.25) is 5.91 Å². The van der Waals surface area contributed by atoms with Crippen LogP contribution in [0.5, 0.6) is 0 Å². The van der Waals surface area contributed by atoms with Crippen molar-refractivity contribution in [2.24, 2.45) is 5.41 Å². The van der Waals surface area contributed by atoms with Gasteiger partial charge in [0.1, 0.15) is 17.4 Å². The van der Waals surface area contributed by atoms with E-state index in [2.05, 4.69) is 15.7 Å². The maximum Gasteiger partial charge on any atom is 0.273 e. The Labute approximate surface area is 191 Å². The highest BCUT2D eigenvalue weighted by molar-refractivity contribution is 6.06. The van der Waals surface area contributed by atoms with Crippen LogP contribution in [0.25, 0.3) is 10.9 Å². The molecule has 33 heavy (non-hydrogen) atoms. The van der Waals surface area contributed by atoms with Gasteiger partial charge in [-0.1, -0.05) is 45.0 Å². The molecule has 3 rings (SSSR count). The molecular weight excluding hydrogens is 425 g/mol. The van der Waals surface area contributed by atoms with Gasteiger partial charge in [-0.3, -0.25) is 14.3 Å². The molecule has 1 heterocycles. The molecule has 0 fully saturated rings. The summed E-state index contributed by atoms with van der Waals surface area (Å²) in [5, 5.41) is 28.0. The van der Waals surface area contributed by atoms with Gasteiger partial charge in [-0.2, -0.15) is 10.4 Å². The van der Waals surface area contributed by atoms with Gasteiger partial charge < -0.3 is 15.7 Å². The molecule has 0 saturated heterocycles. The highest BCUT2D eigenvalue weighted by atomic mass is 19.1. The van der Waals surface area contributed by atoms with Crippen molar-refractivity contribution in [2.75, 3.05) is 13.2 Å². The number of nitrogens with one attached hydrogen (secondary N) is 2. The number of nitriles is 1. The summed E-state index contributed by atoms with van der Waals surface area (Å²) in [5.74, 6) is -1.57. The van der Waals surface area contributed by atoms with Gasteiger partial charge in [0.25, 0.3) is 5.91 Å². The van der Waals surface area contributed by atoms with Crippen molar-refractivity contribution in [1.82, 2.24) is 20.4 Å². The number of carbonyl (C=O) groups is 2. The van der Waals surface area contributed by atoms with Gasteiger partial charge in [-0.15, -0.1) is 0 Å². The topological polar surface area (TPSA) is 120 Å². The fourth-order valence-corrected chi connectivity index (χ4v) is 3.49. The lowest BCUT2D eigenvalue weighted by molar-refractivity contribution is -0.125. The number of aromatic nitrogens is 2. The monoisotopic (exact) mass is 451 g/mol. The van der Waals surface area contributed by atoms with Crippen LogP contribution in [0.3, 0.4) is 0 Å². The fraction of sp³-hybridized carbons (Fsp3) is 0.333. The lowest BCUT2D eigenvalue weighted by Crippen LogP contribution is -2.54. The summed E-state index contributed by atoms with van der Waals surface area (Å²) in [4.78, 5) is 25.8. The van der Waals surface area contributed by atoms with E-state index in [1.165, 1.54) is 16.8 Å². The first kappa shape index (κ1) is 23.9. The van der Waals surface area contributed by atoms with Crippen LogP contribution >= 0.6 is 0 Å². The third-order valence-electron chi connectivity index (χ3n) is 5.17. The summed E-state index contributed by atoms with van der Waals surface area (Å²) >= 11 is 0. The SMILES string of the molecule is CC(C)(C)C(NC(=O)c1nn(Cc2ccc(C#N)cc2)c2c(F)cccc12)C(=O)NCCO. The van der Waals surface area contributed by atoms with Crippen molar-refractivity contribution in [2.45, 2.75) is 33.4 Å². The number of halogens is 1. The second kappa shape index (κ2) is 9.79. The molecule has 9 heteroatoms. The second-order valence-electron chi connectivity index (χ2n) is 8.74. The van der Waals surface area contributed by atoms with Crippen LogP contribution in [0, 0.1) is 22.6 Å². The minimum atomic E-state index is -0.899. The van der Waals surface area contributed by atoms with Crippen LogP contribution in [-0.4, -0.2) is 45.9 Å². The molecule has 0 radical (unpaired) electrons. The molecule has 2 aromatic carbocycles. The van der Waals surface area contributed by atoms with Crippen molar-refractivity contribution >= 4 is 22.7 Å². The Morgan fingerprint density at radius 3 is 2.52 bits per heavy atom. The summed E-state index contributed by atoms with van der Waals surface area (Å²) in [5.41, 5.74) is 0.834. The van der Waals surface area contributed by atoms with Crippen molar-refractivity contribution in [3.05, 3.63) is 65.1 Å². The predicted octanol–water partition coefficient (Wildman–Crippen LogP) is 2.35. The third kappa shape index (κ3) is 5.35. The number of amides is 2. The molecular formula is C24H26FN5O3. The minimum Gasteiger partial charge on any atom is -0.395 e. The summed E-state index contributed by atoms with van der Waals surface area (Å²) in [6, 6.07) is 12.3. The lowest BCUT2D eigenvalue weighted by atomic mass is 9.86. The van der Waals surface area contributed by atoms with E-state index in [-0.39, 0.29) is 30.9 Å². The third-order valence-corrected chi connectivity index (χ3v) is 5.17. The predicted molar refractivity (Wildman–Crippen MR) is 121 cm³/mol. The fourth-order valence-electron chi connectivity index (χ4n) is 3.49. The van der Waals surface area contributed by atoms with Crippen molar-refractivity contribution in [3.8, 4) is 6.07 Å². The van der Waals surface area contributed by atoms with Crippen molar-refractivity contribution < 1.29 is 19.1 Å². The zero-order valence-corrected chi connectivity index (χ0v) is 18.7. The molecule has 0 saturated carbocycles. The number of rotatable bonds is 7.